The van der Waals surface area contributed by atoms with E-state index in [1.807, 2.05) is 6.26 Å². The monoisotopic (exact) mass is 175 g/mol. The highest BCUT2D eigenvalue weighted by Crippen LogP contribution is 2.07. The summed E-state index contributed by atoms with van der Waals surface area (Å²) in [6.45, 7) is 1.47. The molecule has 0 aromatic carbocycles. The van der Waals surface area contributed by atoms with Crippen LogP contribution < -0.4 is 0 Å². The Balaban J connectivity index is 2.17. The molecular weight excluding hydrogens is 162 g/mol. The molecule has 0 aliphatic carbocycles. The highest BCUT2D eigenvalue weighted by molar-refractivity contribution is 7.98. The zero-order valence-corrected chi connectivity index (χ0v) is 7.52. The third kappa shape index (κ3) is 2.71. The van der Waals surface area contributed by atoms with E-state index >= 15 is 0 Å². The largest absolute Gasteiger partial charge is 0.273 e. The van der Waals surface area contributed by atoms with Gasteiger partial charge in [0, 0.05) is 12.2 Å². The molecule has 1 heterocycles. The predicted molar refractivity (Wildman–Crippen MR) is 45.3 cm³/mol. The average Bonchev–Trinajstić information content (AvgIpc) is 2.52. The summed E-state index contributed by atoms with van der Waals surface area (Å²) in [7, 11) is 0. The molecule has 1 fully saturated rings. The third-order valence-electron chi connectivity index (χ3n) is 1.55. The van der Waals surface area contributed by atoms with E-state index in [1.54, 1.807) is 11.8 Å². The van der Waals surface area contributed by atoms with Crippen LogP contribution >= 0.6 is 11.8 Å². The van der Waals surface area contributed by atoms with Crippen molar-refractivity contribution in [3.63, 3.8) is 0 Å². The van der Waals surface area contributed by atoms with Crippen LogP contribution in [0.4, 0.5) is 0 Å². The van der Waals surface area contributed by atoms with E-state index in [9.17, 15) is 4.79 Å². The Kier molecular flexibility index (Phi) is 3.72. The first-order valence-electron chi connectivity index (χ1n) is 3.77. The molecule has 64 valence electrons. The van der Waals surface area contributed by atoms with E-state index < -0.39 is 0 Å². The maximum absolute atomic E-state index is 11.2. The topological polar surface area (TPSA) is 29.5 Å². The van der Waals surface area contributed by atoms with Gasteiger partial charge in [-0.15, -0.1) is 0 Å². The molecule has 1 aliphatic rings. The van der Waals surface area contributed by atoms with Crippen LogP contribution in [0, 0.1) is 0 Å². The second-order valence-corrected chi connectivity index (χ2v) is 3.41. The van der Waals surface area contributed by atoms with Gasteiger partial charge in [0.1, 0.15) is 0 Å². The fourth-order valence-electron chi connectivity index (χ4n) is 0.958. The molecule has 0 aromatic heterocycles. The molecule has 0 unspecified atom stereocenters. The fraction of sp³-hybridized carbons (Fsp3) is 0.857. The molecule has 1 amide bonds. The molecule has 1 aliphatic heterocycles. The summed E-state index contributed by atoms with van der Waals surface area (Å²) in [5.74, 6) is 1.01. The first kappa shape index (κ1) is 8.87. The van der Waals surface area contributed by atoms with Crippen molar-refractivity contribution in [2.75, 3.05) is 25.2 Å². The molecule has 0 bridgehead atoms. The molecule has 1 rings (SSSR count). The van der Waals surface area contributed by atoms with E-state index in [4.69, 9.17) is 4.84 Å². The van der Waals surface area contributed by atoms with Crippen LogP contribution in [0.1, 0.15) is 12.8 Å². The Morgan fingerprint density at radius 1 is 1.73 bits per heavy atom. The van der Waals surface area contributed by atoms with Gasteiger partial charge < -0.3 is 0 Å². The second-order valence-electron chi connectivity index (χ2n) is 2.43. The summed E-state index contributed by atoms with van der Waals surface area (Å²) in [5.41, 5.74) is 0. The Morgan fingerprint density at radius 3 is 3.09 bits per heavy atom. The van der Waals surface area contributed by atoms with Crippen molar-refractivity contribution in [3.8, 4) is 0 Å². The minimum absolute atomic E-state index is 0.122. The minimum Gasteiger partial charge on any atom is -0.273 e. The van der Waals surface area contributed by atoms with Crippen molar-refractivity contribution in [2.45, 2.75) is 12.8 Å². The van der Waals surface area contributed by atoms with Crippen LogP contribution in [0.2, 0.25) is 0 Å². The standard InChI is InChI=1S/C7H13NO2S/c1-11-6-3-7(9)8-4-2-5-10-8/h2-6H2,1H3. The highest BCUT2D eigenvalue weighted by Gasteiger charge is 2.17. The van der Waals surface area contributed by atoms with Crippen molar-refractivity contribution in [1.82, 2.24) is 5.06 Å². The van der Waals surface area contributed by atoms with Crippen LogP contribution in [0.25, 0.3) is 0 Å². The number of hydroxylamine groups is 2. The van der Waals surface area contributed by atoms with Gasteiger partial charge in [0.2, 0.25) is 5.91 Å². The maximum Gasteiger partial charge on any atom is 0.246 e. The van der Waals surface area contributed by atoms with E-state index in [2.05, 4.69) is 0 Å². The van der Waals surface area contributed by atoms with E-state index in [0.29, 0.717) is 13.0 Å². The molecule has 0 aromatic rings. The van der Waals surface area contributed by atoms with Crippen molar-refractivity contribution in [3.05, 3.63) is 0 Å². The number of carbonyl (C=O) groups is 1. The summed E-state index contributed by atoms with van der Waals surface area (Å²) in [6.07, 6.45) is 3.57. The van der Waals surface area contributed by atoms with Gasteiger partial charge in [-0.2, -0.15) is 11.8 Å². The molecule has 3 nitrogen and oxygen atoms in total. The SMILES string of the molecule is CSCCC(=O)N1CCCO1. The lowest BCUT2D eigenvalue weighted by Gasteiger charge is -2.12. The third-order valence-corrected chi connectivity index (χ3v) is 2.16. The van der Waals surface area contributed by atoms with Gasteiger partial charge in [-0.1, -0.05) is 0 Å². The van der Waals surface area contributed by atoms with Crippen LogP contribution in [0.3, 0.4) is 0 Å². The molecular formula is C7H13NO2S. The van der Waals surface area contributed by atoms with Gasteiger partial charge in [-0.3, -0.25) is 9.63 Å². The number of hydrogen-bond acceptors (Lipinski definition) is 3. The van der Waals surface area contributed by atoms with Gasteiger partial charge in [0.15, 0.2) is 0 Å². The lowest BCUT2D eigenvalue weighted by molar-refractivity contribution is -0.168. The highest BCUT2D eigenvalue weighted by atomic mass is 32.2. The first-order chi connectivity index (χ1) is 5.34. The Hall–Kier alpha value is -0.220. The van der Waals surface area contributed by atoms with Crippen LogP contribution in [0.15, 0.2) is 0 Å². The molecule has 0 saturated carbocycles. The second kappa shape index (κ2) is 4.62. The van der Waals surface area contributed by atoms with Crippen molar-refractivity contribution in [1.29, 1.82) is 0 Å². The molecule has 0 spiro atoms. The van der Waals surface area contributed by atoms with E-state index in [0.717, 1.165) is 18.7 Å². The van der Waals surface area contributed by atoms with Gasteiger partial charge in [-0.25, -0.2) is 5.06 Å². The number of hydrogen-bond donors (Lipinski definition) is 0. The molecule has 4 heteroatoms. The minimum atomic E-state index is 0.122. The zero-order chi connectivity index (χ0) is 8.10. The molecule has 0 radical (unpaired) electrons. The van der Waals surface area contributed by atoms with Crippen molar-refractivity contribution < 1.29 is 9.63 Å². The number of nitrogens with zero attached hydrogens (tertiary/aromatic N) is 1. The Bertz CT molecular complexity index is 134. The summed E-state index contributed by atoms with van der Waals surface area (Å²) >= 11 is 1.69. The Morgan fingerprint density at radius 2 is 2.55 bits per heavy atom. The van der Waals surface area contributed by atoms with E-state index in [1.165, 1.54) is 5.06 Å². The lowest BCUT2D eigenvalue weighted by atomic mass is 10.4. The summed E-state index contributed by atoms with van der Waals surface area (Å²) in [5, 5.41) is 1.48. The van der Waals surface area contributed by atoms with Gasteiger partial charge >= 0.3 is 0 Å². The van der Waals surface area contributed by atoms with Crippen molar-refractivity contribution >= 4 is 17.7 Å². The van der Waals surface area contributed by atoms with Crippen LogP contribution in [-0.4, -0.2) is 36.1 Å². The number of amides is 1. The molecule has 1 saturated heterocycles. The smallest absolute Gasteiger partial charge is 0.246 e. The fourth-order valence-corrected chi connectivity index (χ4v) is 1.34. The van der Waals surface area contributed by atoms with Gasteiger partial charge in [-0.05, 0) is 12.7 Å². The predicted octanol–water partition coefficient (Wildman–Crippen LogP) is 0.903. The summed E-state index contributed by atoms with van der Waals surface area (Å²) < 4.78 is 0. The number of thioether (sulfide) groups is 1. The quantitative estimate of drug-likeness (QED) is 0.638. The number of rotatable bonds is 3. The molecule has 0 atom stereocenters. The van der Waals surface area contributed by atoms with Crippen LogP contribution in [0.5, 0.6) is 0 Å². The summed E-state index contributed by atoms with van der Waals surface area (Å²) in [4.78, 5) is 16.3. The first-order valence-corrected chi connectivity index (χ1v) is 5.16. The maximum atomic E-state index is 11.2. The normalized spacial score (nSPS) is 17.4. The average molecular weight is 175 g/mol. The van der Waals surface area contributed by atoms with Crippen molar-refractivity contribution in [2.24, 2.45) is 0 Å². The summed E-state index contributed by atoms with van der Waals surface area (Å²) in [6, 6.07) is 0. The molecule has 11 heavy (non-hydrogen) atoms. The van der Waals surface area contributed by atoms with Gasteiger partial charge in [0.05, 0.1) is 13.2 Å². The molecule has 0 N–H and O–H groups in total. The van der Waals surface area contributed by atoms with E-state index in [-0.39, 0.29) is 5.91 Å². The zero-order valence-electron chi connectivity index (χ0n) is 6.71. The van der Waals surface area contributed by atoms with Crippen LogP contribution in [-0.2, 0) is 9.63 Å². The number of carbonyl (C=O) groups excluding carboxylic acids is 1. The lowest BCUT2D eigenvalue weighted by Crippen LogP contribution is -2.26. The van der Waals surface area contributed by atoms with Gasteiger partial charge in [0.25, 0.3) is 0 Å². The Labute approximate surface area is 71.0 Å².